The van der Waals surface area contributed by atoms with Crippen LogP contribution in [-0.2, 0) is 19.1 Å². The Kier molecular flexibility index (Phi) is 8.80. The number of alkyl carbamates (subject to hydrolysis) is 1. The van der Waals surface area contributed by atoms with Crippen LogP contribution in [0.3, 0.4) is 0 Å². The minimum absolute atomic E-state index is 0.00609. The molecule has 0 saturated heterocycles. The van der Waals surface area contributed by atoms with E-state index in [1.165, 1.54) is 17.6 Å². The Balaban J connectivity index is 1.28. The highest BCUT2D eigenvalue weighted by Gasteiger charge is 2.72. The number of amides is 1. The van der Waals surface area contributed by atoms with Gasteiger partial charge in [0.15, 0.2) is 0 Å². The maximum Gasteiger partial charge on any atom is 0.407 e. The van der Waals surface area contributed by atoms with Crippen molar-refractivity contribution in [3.05, 3.63) is 23.3 Å². The second-order valence-corrected chi connectivity index (χ2v) is 18.9. The molecule has 4 unspecified atom stereocenters. The lowest BCUT2D eigenvalue weighted by atomic mass is 9.32. The molecule has 0 bridgehead atoms. The fraction of sp³-hybridized carbons (Fsp3) is 0.829. The number of esters is 1. The number of rotatable bonds is 5. The largest absolute Gasteiger partial charge is 0.481 e. The summed E-state index contributed by atoms with van der Waals surface area (Å²) in [6.45, 7) is 20.5. The average Bonchev–Trinajstić information content (AvgIpc) is 3.36. The molecular formula is C41H63NO6. The average molecular weight is 666 g/mol. The molecule has 4 fully saturated rings. The van der Waals surface area contributed by atoms with Crippen molar-refractivity contribution in [2.45, 2.75) is 151 Å². The van der Waals surface area contributed by atoms with Gasteiger partial charge in [-0.25, -0.2) is 4.79 Å². The van der Waals surface area contributed by atoms with Crippen molar-refractivity contribution in [1.82, 2.24) is 5.32 Å². The summed E-state index contributed by atoms with van der Waals surface area (Å²) < 4.78 is 11.0. The molecular weight excluding hydrogens is 602 g/mol. The second kappa shape index (κ2) is 11.9. The summed E-state index contributed by atoms with van der Waals surface area (Å²) in [5.41, 5.74) is 1.83. The Morgan fingerprint density at radius 3 is 2.25 bits per heavy atom. The number of carboxylic acids is 1. The molecule has 268 valence electrons. The smallest absolute Gasteiger partial charge is 0.407 e. The van der Waals surface area contributed by atoms with Crippen molar-refractivity contribution in [2.24, 2.45) is 56.7 Å². The number of carbonyl (C=O) groups excluding carboxylic acids is 2. The van der Waals surface area contributed by atoms with Crippen LogP contribution < -0.4 is 5.32 Å². The molecule has 0 aliphatic heterocycles. The van der Waals surface area contributed by atoms with E-state index in [9.17, 15) is 19.5 Å². The van der Waals surface area contributed by atoms with Gasteiger partial charge in [0.1, 0.15) is 5.60 Å². The summed E-state index contributed by atoms with van der Waals surface area (Å²) in [5.74, 6) is 0.508. The maximum atomic E-state index is 13.1. The highest BCUT2D eigenvalue weighted by atomic mass is 16.6. The number of carbonyl (C=O) groups is 3. The molecule has 0 radical (unpaired) electrons. The summed E-state index contributed by atoms with van der Waals surface area (Å²) in [6.07, 6.45) is 15.5. The third-order valence-electron chi connectivity index (χ3n) is 15.5. The molecule has 0 aromatic carbocycles. The SMILES string of the molecule is CCOC(=O)C1CC=C(C2=CC[C@@]3(C)C(CC[C@]4(C)C3CC[C@@H]3C5[C@H](NC(=O)OC(C)(C)C)CC[C@]5(C(=O)O)CC[C@]34C)C2(C)C)CC1. The molecule has 0 heterocycles. The highest BCUT2D eigenvalue weighted by molar-refractivity contribution is 5.77. The molecule has 0 aromatic rings. The second-order valence-electron chi connectivity index (χ2n) is 18.9. The van der Waals surface area contributed by atoms with Gasteiger partial charge in [0.25, 0.3) is 0 Å². The van der Waals surface area contributed by atoms with Crippen LogP contribution in [0.2, 0.25) is 0 Å². The van der Waals surface area contributed by atoms with E-state index in [2.05, 4.69) is 52.1 Å². The minimum Gasteiger partial charge on any atom is -0.481 e. The van der Waals surface area contributed by atoms with E-state index < -0.39 is 23.1 Å². The van der Waals surface area contributed by atoms with E-state index in [-0.39, 0.29) is 51.4 Å². The lowest BCUT2D eigenvalue weighted by Crippen LogP contribution is -2.66. The van der Waals surface area contributed by atoms with Gasteiger partial charge in [-0.1, -0.05) is 46.8 Å². The fourth-order valence-corrected chi connectivity index (χ4v) is 13.3. The summed E-state index contributed by atoms with van der Waals surface area (Å²) in [6, 6.07) is -0.182. The number of allylic oxidation sites excluding steroid dienone is 4. The van der Waals surface area contributed by atoms with Crippen molar-refractivity contribution >= 4 is 18.0 Å². The molecule has 7 heteroatoms. The molecule has 48 heavy (non-hydrogen) atoms. The molecule has 10 atom stereocenters. The van der Waals surface area contributed by atoms with Crippen LogP contribution in [0.25, 0.3) is 0 Å². The molecule has 2 N–H and O–H groups in total. The van der Waals surface area contributed by atoms with Crippen LogP contribution in [0, 0.1) is 56.7 Å². The number of hydrogen-bond acceptors (Lipinski definition) is 5. The van der Waals surface area contributed by atoms with Gasteiger partial charge in [-0.2, -0.15) is 0 Å². The molecule has 6 rings (SSSR count). The zero-order valence-electron chi connectivity index (χ0n) is 31.3. The molecule has 0 aromatic heterocycles. The van der Waals surface area contributed by atoms with E-state index >= 15 is 0 Å². The molecule has 4 saturated carbocycles. The Bertz CT molecular complexity index is 1390. The molecule has 6 aliphatic carbocycles. The summed E-state index contributed by atoms with van der Waals surface area (Å²) in [7, 11) is 0. The van der Waals surface area contributed by atoms with Gasteiger partial charge in [-0.15, -0.1) is 0 Å². The molecule has 0 spiro atoms. The molecule has 1 amide bonds. The van der Waals surface area contributed by atoms with Crippen LogP contribution in [0.15, 0.2) is 23.3 Å². The predicted octanol–water partition coefficient (Wildman–Crippen LogP) is 9.26. The Labute approximate surface area is 289 Å². The number of nitrogens with one attached hydrogen (secondary N) is 1. The van der Waals surface area contributed by atoms with Gasteiger partial charge in [-0.05, 0) is 161 Å². The van der Waals surface area contributed by atoms with E-state index in [4.69, 9.17) is 9.47 Å². The van der Waals surface area contributed by atoms with Crippen molar-refractivity contribution in [1.29, 1.82) is 0 Å². The maximum absolute atomic E-state index is 13.1. The van der Waals surface area contributed by atoms with Crippen LogP contribution >= 0.6 is 0 Å². The number of carboxylic acid groups (broad SMARTS) is 1. The van der Waals surface area contributed by atoms with Gasteiger partial charge in [0.05, 0.1) is 17.9 Å². The zero-order chi connectivity index (χ0) is 35.1. The van der Waals surface area contributed by atoms with E-state index in [0.717, 1.165) is 51.4 Å². The van der Waals surface area contributed by atoms with Gasteiger partial charge in [0, 0.05) is 6.04 Å². The summed E-state index contributed by atoms with van der Waals surface area (Å²) >= 11 is 0. The highest BCUT2D eigenvalue weighted by Crippen LogP contribution is 2.77. The van der Waals surface area contributed by atoms with E-state index in [1.54, 1.807) is 0 Å². The van der Waals surface area contributed by atoms with Crippen molar-refractivity contribution in [3.8, 4) is 0 Å². The number of aliphatic carboxylic acids is 1. The number of ether oxygens (including phenoxy) is 2. The number of hydrogen-bond donors (Lipinski definition) is 2. The number of fused-ring (bicyclic) bond motifs is 7. The van der Waals surface area contributed by atoms with Gasteiger partial charge < -0.3 is 19.9 Å². The third-order valence-corrected chi connectivity index (χ3v) is 15.5. The Hall–Kier alpha value is -2.31. The Morgan fingerprint density at radius 1 is 0.896 bits per heavy atom. The first kappa shape index (κ1) is 35.5. The van der Waals surface area contributed by atoms with Crippen LogP contribution in [0.5, 0.6) is 0 Å². The van der Waals surface area contributed by atoms with Crippen LogP contribution in [0.1, 0.15) is 139 Å². The van der Waals surface area contributed by atoms with E-state index in [0.29, 0.717) is 37.7 Å². The van der Waals surface area contributed by atoms with Gasteiger partial charge in [-0.3, -0.25) is 9.59 Å². The Morgan fingerprint density at radius 2 is 1.62 bits per heavy atom. The fourth-order valence-electron chi connectivity index (χ4n) is 13.3. The monoisotopic (exact) mass is 665 g/mol. The normalized spacial score (nSPS) is 43.3. The van der Waals surface area contributed by atoms with Gasteiger partial charge in [0.2, 0.25) is 0 Å². The quantitative estimate of drug-likeness (QED) is 0.284. The first-order valence-corrected chi connectivity index (χ1v) is 19.1. The van der Waals surface area contributed by atoms with Crippen molar-refractivity contribution < 1.29 is 29.0 Å². The predicted molar refractivity (Wildman–Crippen MR) is 187 cm³/mol. The molecule has 6 aliphatic rings. The standard InChI is InChI=1S/C41H63NO6/c1-10-47-33(43)26-13-11-25(12-14-26)27-17-20-38(7)30(37(27,5)6)19-21-40(9)31(38)16-15-28-32-29(42-35(46)48-36(2,3)4)18-22-41(32,34(44)45)24-23-39(28,40)8/h11,17,26,28-32H,10,12-16,18-24H2,1-9H3,(H,42,46)(H,44,45)/t26?,28-,29-,30?,31?,32?,38+,39-,40-,41+/m1/s1. The lowest BCUT2D eigenvalue weighted by Gasteiger charge is -2.72. The first-order valence-electron chi connectivity index (χ1n) is 19.1. The van der Waals surface area contributed by atoms with Gasteiger partial charge >= 0.3 is 18.0 Å². The summed E-state index contributed by atoms with van der Waals surface area (Å²) in [5, 5.41) is 14.0. The van der Waals surface area contributed by atoms with Crippen molar-refractivity contribution in [2.75, 3.05) is 6.61 Å². The third kappa shape index (κ3) is 5.29. The van der Waals surface area contributed by atoms with Crippen LogP contribution in [0.4, 0.5) is 4.79 Å². The minimum atomic E-state index is -0.779. The summed E-state index contributed by atoms with van der Waals surface area (Å²) in [4.78, 5) is 38.6. The zero-order valence-corrected chi connectivity index (χ0v) is 31.3. The van der Waals surface area contributed by atoms with E-state index in [1.807, 2.05) is 27.7 Å². The lowest BCUT2D eigenvalue weighted by molar-refractivity contribution is -0.228. The topological polar surface area (TPSA) is 102 Å². The van der Waals surface area contributed by atoms with Crippen molar-refractivity contribution in [3.63, 3.8) is 0 Å². The molecule has 7 nitrogen and oxygen atoms in total. The van der Waals surface area contributed by atoms with Crippen LogP contribution in [-0.4, -0.2) is 41.4 Å². The first-order chi connectivity index (χ1) is 22.3.